The third-order valence-corrected chi connectivity index (χ3v) is 3.36. The molecule has 1 aliphatic rings. The van der Waals surface area contributed by atoms with Crippen LogP contribution in [0.5, 0.6) is 0 Å². The van der Waals surface area contributed by atoms with E-state index in [1.54, 1.807) is 29.4 Å². The summed E-state index contributed by atoms with van der Waals surface area (Å²) in [6.45, 7) is 1.56. The second kappa shape index (κ2) is 6.15. The van der Waals surface area contributed by atoms with E-state index in [0.717, 1.165) is 5.56 Å². The van der Waals surface area contributed by atoms with E-state index in [1.807, 2.05) is 31.1 Å². The third kappa shape index (κ3) is 3.88. The second-order valence-electron chi connectivity index (χ2n) is 5.59. The molecule has 1 fully saturated rings. The lowest BCUT2D eigenvalue weighted by Crippen LogP contribution is -2.43. The molecule has 108 valence electrons. The molecule has 5 heteroatoms. The standard InChI is InChI=1S/C15H21N3O2/c1-17(2)11-15(20)7-9-18(12-15)14(19)6-5-13-4-3-8-16-10-13/h3-6,8,10,20H,7,9,11-12H2,1-2H3/b6-5+/t15-/m0/s1. The molecule has 1 aliphatic heterocycles. The van der Waals surface area contributed by atoms with Crippen molar-refractivity contribution >= 4 is 12.0 Å². The zero-order valence-electron chi connectivity index (χ0n) is 12.0. The van der Waals surface area contributed by atoms with Crippen LogP contribution >= 0.6 is 0 Å². The number of carbonyl (C=O) groups is 1. The normalized spacial score (nSPS) is 22.9. The summed E-state index contributed by atoms with van der Waals surface area (Å²) in [4.78, 5) is 19.7. The topological polar surface area (TPSA) is 56.7 Å². The van der Waals surface area contributed by atoms with Crippen LogP contribution in [0.3, 0.4) is 0 Å². The van der Waals surface area contributed by atoms with Crippen molar-refractivity contribution in [1.82, 2.24) is 14.8 Å². The van der Waals surface area contributed by atoms with Crippen LogP contribution in [0.25, 0.3) is 6.08 Å². The van der Waals surface area contributed by atoms with E-state index in [-0.39, 0.29) is 5.91 Å². The Bertz CT molecular complexity index is 487. The largest absolute Gasteiger partial charge is 0.387 e. The maximum atomic E-state index is 12.1. The van der Waals surface area contributed by atoms with E-state index in [9.17, 15) is 9.90 Å². The van der Waals surface area contributed by atoms with Crippen molar-refractivity contribution in [3.8, 4) is 0 Å². The fourth-order valence-electron chi connectivity index (χ4n) is 2.51. The Kier molecular flexibility index (Phi) is 4.52. The van der Waals surface area contributed by atoms with Crippen LogP contribution in [-0.4, -0.2) is 65.1 Å². The zero-order chi connectivity index (χ0) is 14.6. The summed E-state index contributed by atoms with van der Waals surface area (Å²) in [5.41, 5.74) is 0.102. The van der Waals surface area contributed by atoms with Crippen LogP contribution in [0.1, 0.15) is 12.0 Å². The van der Waals surface area contributed by atoms with Gasteiger partial charge in [0.05, 0.1) is 12.1 Å². The lowest BCUT2D eigenvalue weighted by atomic mass is 10.0. The summed E-state index contributed by atoms with van der Waals surface area (Å²) < 4.78 is 0. The Morgan fingerprint density at radius 2 is 2.40 bits per heavy atom. The molecule has 1 aromatic rings. The van der Waals surface area contributed by atoms with E-state index < -0.39 is 5.60 Å². The van der Waals surface area contributed by atoms with Crippen molar-refractivity contribution in [1.29, 1.82) is 0 Å². The Morgan fingerprint density at radius 3 is 3.05 bits per heavy atom. The third-order valence-electron chi connectivity index (χ3n) is 3.36. The van der Waals surface area contributed by atoms with Gasteiger partial charge in [0, 0.05) is 31.6 Å². The summed E-state index contributed by atoms with van der Waals surface area (Å²) in [6.07, 6.45) is 7.31. The first-order valence-corrected chi connectivity index (χ1v) is 6.73. The summed E-state index contributed by atoms with van der Waals surface area (Å²) in [7, 11) is 3.84. The number of hydrogen-bond donors (Lipinski definition) is 1. The molecule has 5 nitrogen and oxygen atoms in total. The number of rotatable bonds is 4. The van der Waals surface area contributed by atoms with Gasteiger partial charge in [-0.1, -0.05) is 6.07 Å². The first kappa shape index (κ1) is 14.7. The monoisotopic (exact) mass is 275 g/mol. The minimum atomic E-state index is -0.790. The molecule has 0 bridgehead atoms. The molecule has 2 heterocycles. The molecule has 0 spiro atoms. The van der Waals surface area contributed by atoms with Crippen LogP contribution < -0.4 is 0 Å². The van der Waals surface area contributed by atoms with Crippen LogP contribution in [-0.2, 0) is 4.79 Å². The quantitative estimate of drug-likeness (QED) is 0.819. The first-order valence-electron chi connectivity index (χ1n) is 6.73. The highest BCUT2D eigenvalue weighted by Crippen LogP contribution is 2.22. The van der Waals surface area contributed by atoms with Gasteiger partial charge in [-0.3, -0.25) is 9.78 Å². The average molecular weight is 275 g/mol. The summed E-state index contributed by atoms with van der Waals surface area (Å²) >= 11 is 0. The van der Waals surface area contributed by atoms with Gasteiger partial charge in [-0.05, 0) is 38.2 Å². The molecule has 1 saturated heterocycles. The van der Waals surface area contributed by atoms with Crippen molar-refractivity contribution in [2.24, 2.45) is 0 Å². The smallest absolute Gasteiger partial charge is 0.246 e. The van der Waals surface area contributed by atoms with Crippen molar-refractivity contribution in [3.63, 3.8) is 0 Å². The molecule has 1 atom stereocenters. The molecule has 1 N–H and O–H groups in total. The Hall–Kier alpha value is -1.72. The van der Waals surface area contributed by atoms with Gasteiger partial charge in [-0.25, -0.2) is 0 Å². The number of aliphatic hydroxyl groups is 1. The van der Waals surface area contributed by atoms with Crippen LogP contribution in [0, 0.1) is 0 Å². The number of β-amino-alcohol motifs (C(OH)–C–C–N with tert-alkyl or cyclic N) is 1. The molecule has 0 unspecified atom stereocenters. The zero-order valence-corrected chi connectivity index (χ0v) is 12.0. The van der Waals surface area contributed by atoms with Crippen molar-refractivity contribution in [2.75, 3.05) is 33.7 Å². The molecule has 0 aliphatic carbocycles. The van der Waals surface area contributed by atoms with Crippen LogP contribution in [0.4, 0.5) is 0 Å². The Morgan fingerprint density at radius 1 is 1.60 bits per heavy atom. The van der Waals surface area contributed by atoms with Gasteiger partial charge in [0.1, 0.15) is 0 Å². The SMILES string of the molecule is CN(C)C[C@@]1(O)CCN(C(=O)/C=C/c2cccnc2)C1. The molecule has 20 heavy (non-hydrogen) atoms. The molecular weight excluding hydrogens is 254 g/mol. The van der Waals surface area contributed by atoms with Crippen LogP contribution in [0.15, 0.2) is 30.6 Å². The lowest BCUT2D eigenvalue weighted by molar-refractivity contribution is -0.126. The number of nitrogens with zero attached hydrogens (tertiary/aromatic N) is 3. The van der Waals surface area contributed by atoms with Crippen molar-refractivity contribution in [3.05, 3.63) is 36.2 Å². The highest BCUT2D eigenvalue weighted by atomic mass is 16.3. The number of aromatic nitrogens is 1. The Balaban J connectivity index is 1.93. The number of likely N-dealkylation sites (tertiary alicyclic amines) is 1. The number of hydrogen-bond acceptors (Lipinski definition) is 4. The molecule has 0 aromatic carbocycles. The molecule has 1 amide bonds. The second-order valence-corrected chi connectivity index (χ2v) is 5.59. The Labute approximate surface area is 119 Å². The maximum absolute atomic E-state index is 12.1. The summed E-state index contributed by atoms with van der Waals surface area (Å²) in [6, 6.07) is 3.72. The highest BCUT2D eigenvalue weighted by Gasteiger charge is 2.37. The molecule has 0 radical (unpaired) electrons. The van der Waals surface area contributed by atoms with E-state index in [2.05, 4.69) is 4.98 Å². The molecular formula is C15H21N3O2. The van der Waals surface area contributed by atoms with Gasteiger partial charge in [-0.2, -0.15) is 0 Å². The van der Waals surface area contributed by atoms with E-state index >= 15 is 0 Å². The van der Waals surface area contributed by atoms with E-state index in [0.29, 0.717) is 26.1 Å². The number of pyridine rings is 1. The van der Waals surface area contributed by atoms with Gasteiger partial charge >= 0.3 is 0 Å². The number of amides is 1. The fourth-order valence-corrected chi connectivity index (χ4v) is 2.51. The average Bonchev–Trinajstić information content (AvgIpc) is 2.78. The van der Waals surface area contributed by atoms with Gasteiger partial charge in [0.25, 0.3) is 0 Å². The minimum absolute atomic E-state index is 0.0662. The maximum Gasteiger partial charge on any atom is 0.246 e. The van der Waals surface area contributed by atoms with Crippen molar-refractivity contribution < 1.29 is 9.90 Å². The van der Waals surface area contributed by atoms with Gasteiger partial charge in [-0.15, -0.1) is 0 Å². The molecule has 2 rings (SSSR count). The molecule has 1 aromatic heterocycles. The number of likely N-dealkylation sites (N-methyl/N-ethyl adjacent to an activating group) is 1. The molecule has 0 saturated carbocycles. The van der Waals surface area contributed by atoms with E-state index in [1.165, 1.54) is 0 Å². The fraction of sp³-hybridized carbons (Fsp3) is 0.467. The summed E-state index contributed by atoms with van der Waals surface area (Å²) in [5, 5.41) is 10.4. The van der Waals surface area contributed by atoms with Crippen LogP contribution in [0.2, 0.25) is 0 Å². The van der Waals surface area contributed by atoms with Gasteiger partial charge in [0.15, 0.2) is 0 Å². The highest BCUT2D eigenvalue weighted by molar-refractivity contribution is 5.92. The predicted octanol–water partition coefficient (Wildman–Crippen LogP) is 0.620. The first-order chi connectivity index (χ1) is 9.48. The lowest BCUT2D eigenvalue weighted by Gasteiger charge is -2.26. The van der Waals surface area contributed by atoms with Gasteiger partial charge < -0.3 is 14.9 Å². The van der Waals surface area contributed by atoms with Crippen molar-refractivity contribution in [2.45, 2.75) is 12.0 Å². The number of carbonyl (C=O) groups excluding carboxylic acids is 1. The van der Waals surface area contributed by atoms with Gasteiger partial charge in [0.2, 0.25) is 5.91 Å². The summed E-state index contributed by atoms with van der Waals surface area (Å²) in [5.74, 6) is -0.0662. The minimum Gasteiger partial charge on any atom is -0.387 e. The van der Waals surface area contributed by atoms with E-state index in [4.69, 9.17) is 0 Å². The predicted molar refractivity (Wildman–Crippen MR) is 78.0 cm³/mol.